The van der Waals surface area contributed by atoms with Gasteiger partial charge in [0.2, 0.25) is 5.82 Å². The Morgan fingerprint density at radius 2 is 1.95 bits per heavy atom. The van der Waals surface area contributed by atoms with Gasteiger partial charge in [-0.25, -0.2) is 9.78 Å². The van der Waals surface area contributed by atoms with E-state index in [9.17, 15) is 10.1 Å². The molecular weight excluding hydrogens is 478 g/mol. The van der Waals surface area contributed by atoms with Crippen LogP contribution in [0.1, 0.15) is 23.4 Å². The number of rotatable bonds is 6. The Bertz CT molecular complexity index is 1650. The fourth-order valence-corrected chi connectivity index (χ4v) is 5.35. The summed E-state index contributed by atoms with van der Waals surface area (Å²) >= 11 is 0. The number of H-pyrrole nitrogens is 1. The van der Waals surface area contributed by atoms with Crippen molar-refractivity contribution in [2.24, 2.45) is 0 Å². The molecule has 1 fully saturated rings. The van der Waals surface area contributed by atoms with Crippen LogP contribution in [0.5, 0.6) is 0 Å². The number of nitrogens with one attached hydrogen (secondary N) is 1. The average molecular weight is 506 g/mol. The first-order chi connectivity index (χ1) is 18.6. The molecule has 8 heteroatoms. The monoisotopic (exact) mass is 505 g/mol. The number of nitriles is 1. The summed E-state index contributed by atoms with van der Waals surface area (Å²) in [6.45, 7) is 0.728. The van der Waals surface area contributed by atoms with Crippen LogP contribution in [0.2, 0.25) is 0 Å². The Morgan fingerprint density at radius 3 is 2.76 bits per heavy atom. The quantitative estimate of drug-likeness (QED) is 0.336. The maximum absolute atomic E-state index is 13.1. The molecule has 0 aliphatic carbocycles. The van der Waals surface area contributed by atoms with Crippen molar-refractivity contribution in [1.29, 1.82) is 5.26 Å². The van der Waals surface area contributed by atoms with Crippen molar-refractivity contribution in [3.63, 3.8) is 0 Å². The van der Waals surface area contributed by atoms with Crippen molar-refractivity contribution in [1.82, 2.24) is 19.4 Å². The molecule has 2 aromatic heterocycles. The van der Waals surface area contributed by atoms with Gasteiger partial charge in [-0.2, -0.15) is 5.26 Å². The lowest BCUT2D eigenvalue weighted by Crippen LogP contribution is -2.37. The molecule has 0 radical (unpaired) electrons. The van der Waals surface area contributed by atoms with E-state index in [0.29, 0.717) is 18.8 Å². The summed E-state index contributed by atoms with van der Waals surface area (Å²) in [4.78, 5) is 22.7. The van der Waals surface area contributed by atoms with Gasteiger partial charge in [-0.3, -0.25) is 4.57 Å². The van der Waals surface area contributed by atoms with E-state index in [1.807, 2.05) is 77.5 Å². The van der Waals surface area contributed by atoms with Gasteiger partial charge in [0, 0.05) is 35.9 Å². The normalized spacial score (nSPS) is 17.2. The van der Waals surface area contributed by atoms with Crippen LogP contribution in [0, 0.1) is 11.3 Å². The number of ether oxygens (including phenoxy) is 2. The van der Waals surface area contributed by atoms with Crippen molar-refractivity contribution >= 4 is 28.0 Å². The largest absolute Gasteiger partial charge is 0.445 e. The SMILES string of the molecule is CO[C@@H]1C[C@@H](Cc2c[nH]c3ccc(-n4c(C#N)nc5ccccc54)cc23)N(C(=O)OCc2ccccc2)C1. The number of carbonyl (C=O) groups is 1. The van der Waals surface area contributed by atoms with Crippen molar-refractivity contribution in [3.8, 4) is 11.8 Å². The zero-order chi connectivity index (χ0) is 26.1. The molecule has 1 aliphatic heterocycles. The first-order valence-electron chi connectivity index (χ1n) is 12.6. The minimum atomic E-state index is -0.331. The number of aromatic nitrogens is 3. The molecule has 38 heavy (non-hydrogen) atoms. The number of amides is 1. The second-order valence-electron chi connectivity index (χ2n) is 9.56. The lowest BCUT2D eigenvalue weighted by molar-refractivity contribution is 0.0801. The number of likely N-dealkylation sites (tertiary alicyclic amines) is 1. The van der Waals surface area contributed by atoms with E-state index in [1.54, 1.807) is 12.0 Å². The number of aromatic amines is 1. The Morgan fingerprint density at radius 1 is 1.13 bits per heavy atom. The third-order valence-electron chi connectivity index (χ3n) is 7.27. The molecule has 5 aromatic rings. The van der Waals surface area contributed by atoms with Crippen LogP contribution < -0.4 is 0 Å². The van der Waals surface area contributed by atoms with E-state index < -0.39 is 0 Å². The number of fused-ring (bicyclic) bond motifs is 2. The number of benzene rings is 3. The van der Waals surface area contributed by atoms with Gasteiger partial charge in [0.15, 0.2) is 0 Å². The van der Waals surface area contributed by atoms with Gasteiger partial charge in [0.05, 0.1) is 23.7 Å². The van der Waals surface area contributed by atoms with Crippen LogP contribution in [0.3, 0.4) is 0 Å². The highest BCUT2D eigenvalue weighted by atomic mass is 16.6. The molecule has 0 unspecified atom stereocenters. The van der Waals surface area contributed by atoms with Gasteiger partial charge in [0.25, 0.3) is 0 Å². The Kier molecular flexibility index (Phi) is 6.28. The van der Waals surface area contributed by atoms with Crippen molar-refractivity contribution < 1.29 is 14.3 Å². The van der Waals surface area contributed by atoms with Crippen LogP contribution in [0.25, 0.3) is 27.6 Å². The molecule has 1 amide bonds. The average Bonchev–Trinajstić information content (AvgIpc) is 3.67. The van der Waals surface area contributed by atoms with E-state index in [2.05, 4.69) is 22.1 Å². The molecule has 3 heterocycles. The highest BCUT2D eigenvalue weighted by Crippen LogP contribution is 2.30. The summed E-state index contributed by atoms with van der Waals surface area (Å²) < 4.78 is 13.2. The second kappa shape index (κ2) is 10.0. The molecule has 6 rings (SSSR count). The maximum atomic E-state index is 13.1. The topological polar surface area (TPSA) is 96.2 Å². The van der Waals surface area contributed by atoms with Crippen LogP contribution in [0.4, 0.5) is 4.79 Å². The van der Waals surface area contributed by atoms with Gasteiger partial charge in [-0.05, 0) is 54.3 Å². The number of hydrogen-bond donors (Lipinski definition) is 1. The molecular formula is C30H27N5O3. The van der Waals surface area contributed by atoms with Gasteiger partial charge >= 0.3 is 6.09 Å². The number of para-hydroxylation sites is 2. The molecule has 3 aromatic carbocycles. The van der Waals surface area contributed by atoms with Crippen LogP contribution in [-0.4, -0.2) is 51.3 Å². The minimum Gasteiger partial charge on any atom is -0.445 e. The van der Waals surface area contributed by atoms with Crippen LogP contribution >= 0.6 is 0 Å². The molecule has 0 saturated carbocycles. The molecule has 0 bridgehead atoms. The number of imidazole rings is 1. The summed E-state index contributed by atoms with van der Waals surface area (Å²) in [5.74, 6) is 0.341. The number of nitrogens with zero attached hydrogens (tertiary/aromatic N) is 4. The predicted molar refractivity (Wildman–Crippen MR) is 144 cm³/mol. The maximum Gasteiger partial charge on any atom is 0.410 e. The van der Waals surface area contributed by atoms with E-state index >= 15 is 0 Å². The number of carbonyl (C=O) groups excluding carboxylic acids is 1. The smallest absolute Gasteiger partial charge is 0.410 e. The lowest BCUT2D eigenvalue weighted by Gasteiger charge is -2.23. The van der Waals surface area contributed by atoms with Gasteiger partial charge in [-0.15, -0.1) is 0 Å². The zero-order valence-electron chi connectivity index (χ0n) is 21.0. The number of methoxy groups -OCH3 is 1. The first-order valence-corrected chi connectivity index (χ1v) is 12.6. The highest BCUT2D eigenvalue weighted by Gasteiger charge is 2.36. The molecule has 2 atom stereocenters. The van der Waals surface area contributed by atoms with Crippen molar-refractivity contribution in [3.05, 3.63) is 95.9 Å². The molecule has 190 valence electrons. The summed E-state index contributed by atoms with van der Waals surface area (Å²) in [5, 5.41) is 10.8. The van der Waals surface area contributed by atoms with E-state index in [0.717, 1.165) is 45.2 Å². The second-order valence-corrected chi connectivity index (χ2v) is 9.56. The third-order valence-corrected chi connectivity index (χ3v) is 7.27. The Hall–Kier alpha value is -4.61. The Labute approximate surface area is 220 Å². The molecule has 1 aliphatic rings. The fourth-order valence-electron chi connectivity index (χ4n) is 5.35. The first kappa shape index (κ1) is 23.8. The van der Waals surface area contributed by atoms with E-state index in [4.69, 9.17) is 9.47 Å². The predicted octanol–water partition coefficient (Wildman–Crippen LogP) is 5.35. The van der Waals surface area contributed by atoms with Gasteiger partial charge in [0.1, 0.15) is 12.7 Å². The molecule has 1 saturated heterocycles. The highest BCUT2D eigenvalue weighted by molar-refractivity contribution is 5.87. The van der Waals surface area contributed by atoms with Crippen LogP contribution in [0.15, 0.2) is 79.0 Å². The Balaban J connectivity index is 1.28. The van der Waals surface area contributed by atoms with E-state index in [1.165, 1.54) is 0 Å². The minimum absolute atomic E-state index is 0.0412. The number of hydrogen-bond acceptors (Lipinski definition) is 5. The van der Waals surface area contributed by atoms with E-state index in [-0.39, 0.29) is 24.8 Å². The molecule has 0 spiro atoms. The fraction of sp³-hybridized carbons (Fsp3) is 0.233. The summed E-state index contributed by atoms with van der Waals surface area (Å²) in [6.07, 6.45) is 3.01. The van der Waals surface area contributed by atoms with Gasteiger partial charge < -0.3 is 19.4 Å². The van der Waals surface area contributed by atoms with Crippen molar-refractivity contribution in [2.45, 2.75) is 31.6 Å². The molecule has 8 nitrogen and oxygen atoms in total. The third kappa shape index (κ3) is 4.38. The summed E-state index contributed by atoms with van der Waals surface area (Å²) in [5.41, 5.74) is 5.56. The summed E-state index contributed by atoms with van der Waals surface area (Å²) in [7, 11) is 1.68. The zero-order valence-corrected chi connectivity index (χ0v) is 21.0. The molecule has 1 N–H and O–H groups in total. The van der Waals surface area contributed by atoms with Gasteiger partial charge in [-0.1, -0.05) is 42.5 Å². The standard InChI is InChI=1S/C30H27N5O3/c1-37-24-14-23(34(18-24)30(36)38-19-20-7-3-2-4-8-20)13-21-17-32-26-12-11-22(15-25(21)26)35-28-10-6-5-9-27(28)33-29(35)16-31/h2-12,15,17,23-24,32H,13-14,18-19H2,1H3/t23-,24-/m1/s1. The van der Waals surface area contributed by atoms with Crippen molar-refractivity contribution in [2.75, 3.05) is 13.7 Å². The summed E-state index contributed by atoms with van der Waals surface area (Å²) in [6, 6.07) is 25.7. The lowest BCUT2D eigenvalue weighted by atomic mass is 10.0. The van der Waals surface area contributed by atoms with Crippen LogP contribution in [-0.2, 0) is 22.5 Å².